The van der Waals surface area contributed by atoms with E-state index in [1.165, 1.54) is 0 Å². The molecule has 13 heavy (non-hydrogen) atoms. The average Bonchev–Trinajstić information content (AvgIpc) is 2.02. The van der Waals surface area contributed by atoms with E-state index in [9.17, 15) is 4.79 Å². The van der Waals surface area contributed by atoms with Crippen molar-refractivity contribution in [3.05, 3.63) is 0 Å². The molecule has 0 saturated carbocycles. The third-order valence-corrected chi connectivity index (χ3v) is 3.25. The molecule has 0 aromatic rings. The molecule has 4 heteroatoms. The Labute approximate surface area is 90.9 Å². The molecule has 0 rings (SSSR count). The van der Waals surface area contributed by atoms with Crippen molar-refractivity contribution in [2.45, 2.75) is 49.5 Å². The number of thiol groups is 2. The van der Waals surface area contributed by atoms with E-state index in [2.05, 4.69) is 25.3 Å². The minimum atomic E-state index is -0.704. The monoisotopic (exact) mass is 222 g/mol. The average molecular weight is 222 g/mol. The standard InChI is InChI=1S/C9H18O2S2/c1-7(12)8(13)5-3-2-4-6-9(10)11/h7-8,12-13H,2-6H2,1H3,(H,10,11). The lowest BCUT2D eigenvalue weighted by Crippen LogP contribution is -2.10. The first kappa shape index (κ1) is 13.2. The molecular formula is C9H18O2S2. The van der Waals surface area contributed by atoms with Crippen LogP contribution in [0.5, 0.6) is 0 Å². The normalized spacial score (nSPS) is 15.3. The highest BCUT2D eigenvalue weighted by Crippen LogP contribution is 2.16. The second-order valence-electron chi connectivity index (χ2n) is 3.30. The van der Waals surface area contributed by atoms with Crippen LogP contribution in [0.2, 0.25) is 0 Å². The molecule has 0 aliphatic rings. The third kappa shape index (κ3) is 8.50. The molecule has 1 N–H and O–H groups in total. The molecule has 0 spiro atoms. The maximum absolute atomic E-state index is 10.2. The van der Waals surface area contributed by atoms with Crippen LogP contribution >= 0.6 is 25.3 Å². The van der Waals surface area contributed by atoms with Gasteiger partial charge in [0.05, 0.1) is 0 Å². The van der Waals surface area contributed by atoms with Crippen molar-refractivity contribution in [3.63, 3.8) is 0 Å². The molecule has 0 aromatic heterocycles. The summed E-state index contributed by atoms with van der Waals surface area (Å²) in [7, 11) is 0. The first-order valence-corrected chi connectivity index (χ1v) is 5.65. The van der Waals surface area contributed by atoms with Crippen LogP contribution in [0.25, 0.3) is 0 Å². The smallest absolute Gasteiger partial charge is 0.303 e. The lowest BCUT2D eigenvalue weighted by atomic mass is 10.1. The number of unbranched alkanes of at least 4 members (excludes halogenated alkanes) is 2. The molecule has 0 fully saturated rings. The Hall–Kier alpha value is 0.170. The molecule has 0 aliphatic heterocycles. The van der Waals surface area contributed by atoms with Gasteiger partial charge in [0.2, 0.25) is 0 Å². The number of rotatable bonds is 7. The zero-order valence-electron chi connectivity index (χ0n) is 7.94. The molecule has 0 bridgehead atoms. The van der Waals surface area contributed by atoms with Crippen LogP contribution < -0.4 is 0 Å². The van der Waals surface area contributed by atoms with Crippen LogP contribution in [-0.4, -0.2) is 21.6 Å². The number of hydrogen-bond donors (Lipinski definition) is 3. The van der Waals surface area contributed by atoms with Gasteiger partial charge in [-0.2, -0.15) is 25.3 Å². The predicted molar refractivity (Wildman–Crippen MR) is 61.9 cm³/mol. The van der Waals surface area contributed by atoms with Crippen LogP contribution in [0.4, 0.5) is 0 Å². The van der Waals surface area contributed by atoms with Crippen molar-refractivity contribution < 1.29 is 9.90 Å². The first-order chi connectivity index (χ1) is 6.04. The predicted octanol–water partition coefficient (Wildman–Crippen LogP) is 2.64. The number of carboxylic acid groups (broad SMARTS) is 1. The number of hydrogen-bond acceptors (Lipinski definition) is 3. The molecule has 0 amide bonds. The van der Waals surface area contributed by atoms with Crippen LogP contribution in [0, 0.1) is 0 Å². The largest absolute Gasteiger partial charge is 0.481 e. The van der Waals surface area contributed by atoms with Crippen molar-refractivity contribution in [1.82, 2.24) is 0 Å². The highest BCUT2D eigenvalue weighted by Gasteiger charge is 2.07. The molecule has 2 atom stereocenters. The van der Waals surface area contributed by atoms with Crippen molar-refractivity contribution in [2.75, 3.05) is 0 Å². The molecule has 2 nitrogen and oxygen atoms in total. The van der Waals surface area contributed by atoms with Crippen molar-refractivity contribution >= 4 is 31.2 Å². The summed E-state index contributed by atoms with van der Waals surface area (Å²) in [5.41, 5.74) is 0. The van der Waals surface area contributed by atoms with Gasteiger partial charge in [-0.15, -0.1) is 0 Å². The Morgan fingerprint density at radius 2 is 1.92 bits per heavy atom. The number of carboxylic acids is 1. The van der Waals surface area contributed by atoms with Crippen LogP contribution in [0.1, 0.15) is 39.0 Å². The third-order valence-electron chi connectivity index (χ3n) is 1.95. The summed E-state index contributed by atoms with van der Waals surface area (Å²) >= 11 is 8.66. The van der Waals surface area contributed by atoms with Crippen LogP contribution in [0.3, 0.4) is 0 Å². The fourth-order valence-corrected chi connectivity index (χ4v) is 1.38. The Morgan fingerprint density at radius 3 is 2.38 bits per heavy atom. The second-order valence-corrected chi connectivity index (χ2v) is 4.78. The van der Waals surface area contributed by atoms with E-state index in [1.807, 2.05) is 6.92 Å². The molecule has 78 valence electrons. The van der Waals surface area contributed by atoms with Gasteiger partial charge >= 0.3 is 5.97 Å². The minimum Gasteiger partial charge on any atom is -0.481 e. The Morgan fingerprint density at radius 1 is 1.31 bits per heavy atom. The zero-order valence-corrected chi connectivity index (χ0v) is 9.73. The van der Waals surface area contributed by atoms with Gasteiger partial charge in [-0.3, -0.25) is 4.79 Å². The van der Waals surface area contributed by atoms with Gasteiger partial charge in [0.1, 0.15) is 0 Å². The summed E-state index contributed by atoms with van der Waals surface area (Å²) < 4.78 is 0. The summed E-state index contributed by atoms with van der Waals surface area (Å²) in [6, 6.07) is 0. The van der Waals surface area contributed by atoms with E-state index in [-0.39, 0.29) is 6.42 Å². The quantitative estimate of drug-likeness (QED) is 0.457. The van der Waals surface area contributed by atoms with E-state index in [4.69, 9.17) is 5.11 Å². The lowest BCUT2D eigenvalue weighted by molar-refractivity contribution is -0.137. The first-order valence-electron chi connectivity index (χ1n) is 4.62. The van der Waals surface area contributed by atoms with Crippen molar-refractivity contribution in [1.29, 1.82) is 0 Å². The molecule has 2 unspecified atom stereocenters. The topological polar surface area (TPSA) is 37.3 Å². The number of carbonyl (C=O) groups is 1. The maximum atomic E-state index is 10.2. The molecular weight excluding hydrogens is 204 g/mol. The highest BCUT2D eigenvalue weighted by molar-refractivity contribution is 7.85. The van der Waals surface area contributed by atoms with Gasteiger partial charge in [0.25, 0.3) is 0 Å². The molecule has 0 radical (unpaired) electrons. The summed E-state index contributed by atoms with van der Waals surface area (Å²) in [6.45, 7) is 2.03. The van der Waals surface area contributed by atoms with E-state index in [1.54, 1.807) is 0 Å². The van der Waals surface area contributed by atoms with Gasteiger partial charge in [-0.1, -0.05) is 19.8 Å². The van der Waals surface area contributed by atoms with Crippen LogP contribution in [-0.2, 0) is 4.79 Å². The zero-order chi connectivity index (χ0) is 10.3. The maximum Gasteiger partial charge on any atom is 0.303 e. The SMILES string of the molecule is CC(S)C(S)CCCCCC(=O)O. The van der Waals surface area contributed by atoms with E-state index in [0.29, 0.717) is 10.5 Å². The summed E-state index contributed by atoms with van der Waals surface area (Å²) in [4.78, 5) is 10.2. The van der Waals surface area contributed by atoms with Gasteiger partial charge in [-0.05, 0) is 12.8 Å². The van der Waals surface area contributed by atoms with Gasteiger partial charge < -0.3 is 5.11 Å². The molecule has 0 aromatic carbocycles. The van der Waals surface area contributed by atoms with Gasteiger partial charge in [0.15, 0.2) is 0 Å². The van der Waals surface area contributed by atoms with Gasteiger partial charge in [-0.25, -0.2) is 0 Å². The Bertz CT molecular complexity index is 149. The fourth-order valence-electron chi connectivity index (χ4n) is 1.05. The summed E-state index contributed by atoms with van der Waals surface area (Å²) in [5.74, 6) is -0.704. The molecule has 0 heterocycles. The molecule has 0 aliphatic carbocycles. The minimum absolute atomic E-state index is 0.285. The summed E-state index contributed by atoms with van der Waals surface area (Å²) in [6.07, 6.45) is 4.11. The molecule has 0 saturated heterocycles. The summed E-state index contributed by atoms with van der Waals surface area (Å²) in [5, 5.41) is 9.02. The highest BCUT2D eigenvalue weighted by atomic mass is 32.1. The Kier molecular flexibility index (Phi) is 7.66. The second kappa shape index (κ2) is 7.56. The Balaban J connectivity index is 3.21. The number of aliphatic carboxylic acids is 1. The van der Waals surface area contributed by atoms with Crippen molar-refractivity contribution in [3.8, 4) is 0 Å². The van der Waals surface area contributed by atoms with Crippen LogP contribution in [0.15, 0.2) is 0 Å². The van der Waals surface area contributed by atoms with E-state index in [0.717, 1.165) is 25.7 Å². The van der Waals surface area contributed by atoms with E-state index < -0.39 is 5.97 Å². The van der Waals surface area contributed by atoms with E-state index >= 15 is 0 Å². The van der Waals surface area contributed by atoms with Crippen molar-refractivity contribution in [2.24, 2.45) is 0 Å². The van der Waals surface area contributed by atoms with Gasteiger partial charge in [0, 0.05) is 16.9 Å². The fraction of sp³-hybridized carbons (Fsp3) is 0.889. The lowest BCUT2D eigenvalue weighted by Gasteiger charge is -2.12.